The van der Waals surface area contributed by atoms with Crippen LogP contribution in [0.15, 0.2) is 113 Å². The summed E-state index contributed by atoms with van der Waals surface area (Å²) in [6.07, 6.45) is 27.5. The molecule has 0 saturated heterocycles. The molecule has 2 unspecified atom stereocenters. The minimum Gasteiger partial charge on any atom is -0.0873 e. The van der Waals surface area contributed by atoms with Crippen LogP contribution in [0.1, 0.15) is 51.5 Å². The van der Waals surface area contributed by atoms with Crippen molar-refractivity contribution in [3.63, 3.8) is 0 Å². The average Bonchev–Trinajstić information content (AvgIpc) is 3.58. The zero-order valence-corrected chi connectivity index (χ0v) is 18.3. The van der Waals surface area contributed by atoms with E-state index < -0.39 is 0 Å². The van der Waals surface area contributed by atoms with Crippen LogP contribution in [0.2, 0.25) is 0 Å². The van der Waals surface area contributed by atoms with Gasteiger partial charge in [-0.25, -0.2) is 0 Å². The Hall–Kier alpha value is -2.60. The summed E-state index contributed by atoms with van der Waals surface area (Å²) in [6, 6.07) is 11.3. The van der Waals surface area contributed by atoms with Crippen molar-refractivity contribution in [3.05, 3.63) is 118 Å². The first-order valence-corrected chi connectivity index (χ1v) is 11.6. The molecule has 0 spiro atoms. The normalized spacial score (nSPS) is 28.7. The van der Waals surface area contributed by atoms with Crippen molar-refractivity contribution in [2.75, 3.05) is 0 Å². The molecule has 0 nitrogen and oxygen atoms in total. The second kappa shape index (κ2) is 7.91. The highest BCUT2D eigenvalue weighted by Gasteiger charge is 2.49. The predicted molar refractivity (Wildman–Crippen MR) is 128 cm³/mol. The average molecular weight is 393 g/mol. The van der Waals surface area contributed by atoms with Crippen LogP contribution < -0.4 is 0 Å². The molecule has 0 heteroatoms. The first-order valence-electron chi connectivity index (χ1n) is 11.6. The monoisotopic (exact) mass is 392 g/mol. The molecular weight excluding hydrogens is 360 g/mol. The van der Waals surface area contributed by atoms with Gasteiger partial charge in [0.2, 0.25) is 0 Å². The molecule has 30 heavy (non-hydrogen) atoms. The number of allylic oxidation sites excluding steroid dienone is 14. The lowest BCUT2D eigenvalue weighted by molar-refractivity contribution is 0.547. The van der Waals surface area contributed by atoms with Crippen LogP contribution in [0.4, 0.5) is 0 Å². The maximum absolute atomic E-state index is 2.59. The molecular formula is C30H32. The molecule has 1 fully saturated rings. The van der Waals surface area contributed by atoms with Crippen molar-refractivity contribution in [1.29, 1.82) is 0 Å². The SMILES string of the molecule is CC=CC(=CC1CC1)C1(c2ccccc2)C2=C(C=CCC=C2)C2=C1CC(C)CC=C2. The number of hydrogen-bond donors (Lipinski definition) is 0. The van der Waals surface area contributed by atoms with Gasteiger partial charge >= 0.3 is 0 Å². The van der Waals surface area contributed by atoms with Gasteiger partial charge in [0.1, 0.15) is 0 Å². The van der Waals surface area contributed by atoms with E-state index in [1.165, 1.54) is 40.7 Å². The highest BCUT2D eigenvalue weighted by atomic mass is 14.5. The van der Waals surface area contributed by atoms with Crippen LogP contribution in [0.3, 0.4) is 0 Å². The van der Waals surface area contributed by atoms with E-state index in [0.29, 0.717) is 5.92 Å². The highest BCUT2D eigenvalue weighted by molar-refractivity contribution is 5.76. The van der Waals surface area contributed by atoms with E-state index in [0.717, 1.165) is 25.2 Å². The van der Waals surface area contributed by atoms with Gasteiger partial charge in [0.15, 0.2) is 0 Å². The van der Waals surface area contributed by atoms with E-state index >= 15 is 0 Å². The Balaban J connectivity index is 1.88. The topological polar surface area (TPSA) is 0 Å². The van der Waals surface area contributed by atoms with Crippen LogP contribution in [0.25, 0.3) is 0 Å². The van der Waals surface area contributed by atoms with Crippen LogP contribution >= 0.6 is 0 Å². The first kappa shape index (κ1) is 19.4. The van der Waals surface area contributed by atoms with E-state index in [4.69, 9.17) is 0 Å². The number of fused-ring (bicyclic) bond motifs is 1. The lowest BCUT2D eigenvalue weighted by atomic mass is 9.63. The van der Waals surface area contributed by atoms with Gasteiger partial charge in [0.05, 0.1) is 5.41 Å². The second-order valence-electron chi connectivity index (χ2n) is 9.28. The molecule has 5 rings (SSSR count). The predicted octanol–water partition coefficient (Wildman–Crippen LogP) is 7.95. The maximum atomic E-state index is 2.59. The van der Waals surface area contributed by atoms with Crippen LogP contribution in [-0.4, -0.2) is 0 Å². The third-order valence-electron chi connectivity index (χ3n) is 7.00. The summed E-state index contributed by atoms with van der Waals surface area (Å²) in [7, 11) is 0. The molecule has 0 radical (unpaired) electrons. The van der Waals surface area contributed by atoms with E-state index in [2.05, 4.69) is 98.9 Å². The molecule has 0 bridgehead atoms. The minimum absolute atomic E-state index is 0.185. The van der Waals surface area contributed by atoms with Crippen LogP contribution in [0.5, 0.6) is 0 Å². The van der Waals surface area contributed by atoms with Crippen LogP contribution in [0, 0.1) is 11.8 Å². The molecule has 4 aliphatic rings. The Morgan fingerprint density at radius 2 is 1.73 bits per heavy atom. The molecule has 0 amide bonds. The maximum Gasteiger partial charge on any atom is 0.0673 e. The van der Waals surface area contributed by atoms with Crippen molar-refractivity contribution < 1.29 is 0 Å². The van der Waals surface area contributed by atoms with Crippen molar-refractivity contribution in [1.82, 2.24) is 0 Å². The number of rotatable bonds is 4. The highest BCUT2D eigenvalue weighted by Crippen LogP contribution is 2.58. The lowest BCUT2D eigenvalue weighted by Crippen LogP contribution is -2.32. The molecule has 0 N–H and O–H groups in total. The minimum atomic E-state index is -0.185. The fourth-order valence-electron chi connectivity index (χ4n) is 5.54. The van der Waals surface area contributed by atoms with Gasteiger partial charge in [-0.1, -0.05) is 91.9 Å². The van der Waals surface area contributed by atoms with E-state index in [1.807, 2.05) is 0 Å². The summed E-state index contributed by atoms with van der Waals surface area (Å²) in [5, 5.41) is 0. The third kappa shape index (κ3) is 3.14. The molecule has 1 aromatic carbocycles. The second-order valence-corrected chi connectivity index (χ2v) is 9.28. The summed E-state index contributed by atoms with van der Waals surface area (Å²) >= 11 is 0. The first-order chi connectivity index (χ1) is 14.7. The van der Waals surface area contributed by atoms with Crippen molar-refractivity contribution in [3.8, 4) is 0 Å². The van der Waals surface area contributed by atoms with Gasteiger partial charge in [-0.3, -0.25) is 0 Å². The fourth-order valence-corrected chi connectivity index (χ4v) is 5.54. The van der Waals surface area contributed by atoms with E-state index in [9.17, 15) is 0 Å². The Morgan fingerprint density at radius 3 is 2.50 bits per heavy atom. The van der Waals surface area contributed by atoms with Gasteiger partial charge in [-0.2, -0.15) is 0 Å². The van der Waals surface area contributed by atoms with Crippen molar-refractivity contribution in [2.45, 2.75) is 51.4 Å². The zero-order chi connectivity index (χ0) is 20.6. The summed E-state index contributed by atoms with van der Waals surface area (Å²) in [4.78, 5) is 0. The molecule has 0 heterocycles. The van der Waals surface area contributed by atoms with Crippen LogP contribution in [-0.2, 0) is 5.41 Å². The molecule has 4 aliphatic carbocycles. The largest absolute Gasteiger partial charge is 0.0873 e. The standard InChI is InChI=1S/C30H32/c1-3-11-25(21-23-18-19-23)30(24-13-6-4-7-14-24)28-17-9-5-8-15-26(28)27-16-10-12-22(2)20-29(27)30/h3-4,6-11,13-17,21-23H,5,12,18-20H2,1-2H3. The third-order valence-corrected chi connectivity index (χ3v) is 7.00. The Morgan fingerprint density at radius 1 is 0.967 bits per heavy atom. The molecule has 1 aromatic rings. The van der Waals surface area contributed by atoms with Gasteiger partial charge in [-0.05, 0) is 84.3 Å². The Kier molecular flexibility index (Phi) is 5.11. The Bertz CT molecular complexity index is 1030. The summed E-state index contributed by atoms with van der Waals surface area (Å²) in [6.45, 7) is 4.57. The lowest BCUT2D eigenvalue weighted by Gasteiger charge is -2.38. The van der Waals surface area contributed by atoms with Gasteiger partial charge in [-0.15, -0.1) is 0 Å². The van der Waals surface area contributed by atoms with Crippen molar-refractivity contribution in [2.24, 2.45) is 11.8 Å². The number of hydrogen-bond acceptors (Lipinski definition) is 0. The fraction of sp³-hybridized carbons (Fsp3) is 0.333. The van der Waals surface area contributed by atoms with Gasteiger partial charge in [0.25, 0.3) is 0 Å². The summed E-state index contributed by atoms with van der Waals surface area (Å²) in [5.41, 5.74) is 8.66. The molecule has 152 valence electrons. The Labute approximate surface area is 181 Å². The molecule has 1 saturated carbocycles. The smallest absolute Gasteiger partial charge is 0.0673 e. The quantitative estimate of drug-likeness (QED) is 0.456. The molecule has 2 atom stereocenters. The number of benzene rings is 1. The van der Waals surface area contributed by atoms with Crippen molar-refractivity contribution >= 4 is 0 Å². The van der Waals surface area contributed by atoms with E-state index in [-0.39, 0.29) is 5.41 Å². The van der Waals surface area contributed by atoms with Gasteiger partial charge < -0.3 is 0 Å². The molecule has 0 aliphatic heterocycles. The summed E-state index contributed by atoms with van der Waals surface area (Å²) in [5.74, 6) is 1.38. The van der Waals surface area contributed by atoms with Gasteiger partial charge in [0, 0.05) is 0 Å². The van der Waals surface area contributed by atoms with E-state index in [1.54, 1.807) is 5.57 Å². The zero-order valence-electron chi connectivity index (χ0n) is 18.3. The summed E-state index contributed by atoms with van der Waals surface area (Å²) < 4.78 is 0. The molecule has 0 aromatic heterocycles.